The summed E-state index contributed by atoms with van der Waals surface area (Å²) in [6, 6.07) is 0. The van der Waals surface area contributed by atoms with Crippen LogP contribution in [0.15, 0.2) is 0 Å². The highest BCUT2D eigenvalue weighted by Gasteiger charge is 2.27. The quantitative estimate of drug-likeness (QED) is 0.768. The van der Waals surface area contributed by atoms with Crippen LogP contribution in [-0.2, 0) is 20.8 Å². The minimum absolute atomic E-state index is 0.0783. The number of nitrogens with zero attached hydrogens (tertiary/aromatic N) is 1. The van der Waals surface area contributed by atoms with E-state index in [9.17, 15) is 9.59 Å². The highest BCUT2D eigenvalue weighted by molar-refractivity contribution is 5.90. The van der Waals surface area contributed by atoms with Crippen LogP contribution in [0.4, 0.5) is 0 Å². The molecule has 1 amide bonds. The van der Waals surface area contributed by atoms with E-state index in [4.69, 9.17) is 9.47 Å². The van der Waals surface area contributed by atoms with E-state index in [1.165, 1.54) is 0 Å². The number of H-pyrrole nitrogens is 1. The second kappa shape index (κ2) is 8.52. The maximum absolute atomic E-state index is 12.7. The summed E-state index contributed by atoms with van der Waals surface area (Å²) in [7, 11) is 0. The molecule has 6 nitrogen and oxygen atoms in total. The Hall–Kier alpha value is -1.82. The van der Waals surface area contributed by atoms with Crippen molar-refractivity contribution in [1.82, 2.24) is 9.88 Å². The number of nitrogens with one attached hydrogen (secondary N) is 1. The Morgan fingerprint density at radius 2 is 2.08 bits per heavy atom. The van der Waals surface area contributed by atoms with Gasteiger partial charge in [-0.2, -0.15) is 0 Å². The Balaban J connectivity index is 2.22. The molecule has 1 atom stereocenters. The van der Waals surface area contributed by atoms with Gasteiger partial charge in [-0.1, -0.05) is 13.8 Å². The number of carbonyl (C=O) groups is 2. The van der Waals surface area contributed by atoms with Crippen LogP contribution in [0.5, 0.6) is 0 Å². The maximum atomic E-state index is 12.7. The van der Waals surface area contributed by atoms with E-state index < -0.39 is 0 Å². The molecule has 2 rings (SSSR count). The number of aromatic amines is 1. The number of amides is 1. The second-order valence-corrected chi connectivity index (χ2v) is 6.96. The first-order valence-electron chi connectivity index (χ1n) is 9.10. The molecule has 0 aliphatic carbocycles. The van der Waals surface area contributed by atoms with Crippen LogP contribution in [0.25, 0.3) is 0 Å². The highest BCUT2D eigenvalue weighted by atomic mass is 16.5. The summed E-state index contributed by atoms with van der Waals surface area (Å²) in [6.07, 6.45) is 2.14. The van der Waals surface area contributed by atoms with E-state index in [1.807, 2.05) is 32.6 Å². The highest BCUT2D eigenvalue weighted by Crippen LogP contribution is 2.23. The zero-order valence-electron chi connectivity index (χ0n) is 16.0. The predicted octanol–water partition coefficient (Wildman–Crippen LogP) is 2.97. The zero-order chi connectivity index (χ0) is 18.6. The van der Waals surface area contributed by atoms with Gasteiger partial charge in [-0.15, -0.1) is 0 Å². The molecule has 1 saturated heterocycles. The minimum Gasteiger partial charge on any atom is -0.461 e. The number of hydrogen-bond donors (Lipinski definition) is 1. The number of carbonyl (C=O) groups excluding carboxylic acids is 2. The number of aryl methyl sites for hydroxylation is 1. The van der Waals surface area contributed by atoms with Gasteiger partial charge in [0.25, 0.3) is 0 Å². The lowest BCUT2D eigenvalue weighted by molar-refractivity contribution is -0.136. The second-order valence-electron chi connectivity index (χ2n) is 6.96. The van der Waals surface area contributed by atoms with Crippen LogP contribution in [0, 0.1) is 19.8 Å². The number of hydrogen-bond acceptors (Lipinski definition) is 4. The van der Waals surface area contributed by atoms with Gasteiger partial charge in [-0.3, -0.25) is 4.79 Å². The van der Waals surface area contributed by atoms with Crippen molar-refractivity contribution >= 4 is 11.9 Å². The van der Waals surface area contributed by atoms with Crippen molar-refractivity contribution in [1.29, 1.82) is 0 Å². The Bertz CT molecular complexity index is 615. The molecule has 0 aromatic carbocycles. The summed E-state index contributed by atoms with van der Waals surface area (Å²) >= 11 is 0. The van der Waals surface area contributed by atoms with Crippen LogP contribution in [0.2, 0.25) is 0 Å². The molecule has 0 saturated carbocycles. The number of esters is 1. The SMILES string of the molecule is CCOC(=O)c1[nH]c(C)c(CN(C[C@@H]2CCCO2)C(=O)C(C)C)c1C. The van der Waals surface area contributed by atoms with Crippen LogP contribution in [0.3, 0.4) is 0 Å². The lowest BCUT2D eigenvalue weighted by Crippen LogP contribution is -2.39. The molecule has 0 radical (unpaired) electrons. The van der Waals surface area contributed by atoms with E-state index in [2.05, 4.69) is 4.98 Å². The van der Waals surface area contributed by atoms with Crippen molar-refractivity contribution in [2.45, 2.75) is 60.1 Å². The zero-order valence-corrected chi connectivity index (χ0v) is 16.0. The van der Waals surface area contributed by atoms with Crippen LogP contribution < -0.4 is 0 Å². The molecule has 6 heteroatoms. The van der Waals surface area contributed by atoms with E-state index in [1.54, 1.807) is 6.92 Å². The van der Waals surface area contributed by atoms with Gasteiger partial charge in [-0.25, -0.2) is 4.79 Å². The van der Waals surface area contributed by atoms with Crippen molar-refractivity contribution in [3.05, 3.63) is 22.5 Å². The van der Waals surface area contributed by atoms with Gasteiger partial charge in [0.05, 0.1) is 12.7 Å². The summed E-state index contributed by atoms with van der Waals surface area (Å²) in [6.45, 7) is 11.6. The first kappa shape index (κ1) is 19.5. The minimum atomic E-state index is -0.352. The molecule has 2 heterocycles. The maximum Gasteiger partial charge on any atom is 0.355 e. The third-order valence-corrected chi connectivity index (χ3v) is 4.67. The lowest BCUT2D eigenvalue weighted by atomic mass is 10.1. The van der Waals surface area contributed by atoms with Crippen molar-refractivity contribution in [3.63, 3.8) is 0 Å². The van der Waals surface area contributed by atoms with E-state index in [-0.39, 0.29) is 23.9 Å². The molecule has 1 aromatic heterocycles. The van der Waals surface area contributed by atoms with Crippen molar-refractivity contribution in [3.8, 4) is 0 Å². The van der Waals surface area contributed by atoms with Gasteiger partial charge in [-0.05, 0) is 44.7 Å². The fraction of sp³-hybridized carbons (Fsp3) is 0.684. The largest absolute Gasteiger partial charge is 0.461 e. The Morgan fingerprint density at radius 1 is 1.36 bits per heavy atom. The van der Waals surface area contributed by atoms with Crippen LogP contribution >= 0.6 is 0 Å². The van der Waals surface area contributed by atoms with Gasteiger partial charge in [0.2, 0.25) is 5.91 Å². The Labute approximate surface area is 149 Å². The van der Waals surface area contributed by atoms with E-state index >= 15 is 0 Å². The summed E-state index contributed by atoms with van der Waals surface area (Å²) in [5.74, 6) is -0.325. The first-order chi connectivity index (χ1) is 11.8. The van der Waals surface area contributed by atoms with Gasteiger partial charge in [0, 0.05) is 31.3 Å². The molecule has 25 heavy (non-hydrogen) atoms. The molecule has 1 N–H and O–H groups in total. The summed E-state index contributed by atoms with van der Waals surface area (Å²) in [5.41, 5.74) is 3.21. The Kier molecular flexibility index (Phi) is 6.64. The fourth-order valence-corrected chi connectivity index (χ4v) is 3.26. The molecular weight excluding hydrogens is 320 g/mol. The lowest BCUT2D eigenvalue weighted by Gasteiger charge is -2.27. The van der Waals surface area contributed by atoms with Gasteiger partial charge >= 0.3 is 5.97 Å². The first-order valence-corrected chi connectivity index (χ1v) is 9.10. The molecule has 0 bridgehead atoms. The molecule has 1 aromatic rings. The smallest absolute Gasteiger partial charge is 0.355 e. The summed E-state index contributed by atoms with van der Waals surface area (Å²) in [4.78, 5) is 29.7. The molecule has 1 fully saturated rings. The van der Waals surface area contributed by atoms with Crippen LogP contribution in [-0.4, -0.2) is 47.6 Å². The molecule has 0 unspecified atom stereocenters. The summed E-state index contributed by atoms with van der Waals surface area (Å²) < 4.78 is 10.8. The third kappa shape index (κ3) is 4.63. The topological polar surface area (TPSA) is 71.6 Å². The molecule has 0 spiro atoms. The number of ether oxygens (including phenoxy) is 2. The van der Waals surface area contributed by atoms with Gasteiger partial charge in [0.15, 0.2) is 0 Å². The van der Waals surface area contributed by atoms with Crippen molar-refractivity contribution in [2.24, 2.45) is 5.92 Å². The molecule has 1 aliphatic rings. The monoisotopic (exact) mass is 350 g/mol. The molecule has 1 aliphatic heterocycles. The van der Waals surface area contributed by atoms with Crippen LogP contribution in [0.1, 0.15) is 60.9 Å². The number of aromatic nitrogens is 1. The molecular formula is C19H30N2O4. The van der Waals surface area contributed by atoms with E-state index in [0.717, 1.165) is 36.3 Å². The standard InChI is InChI=1S/C19H30N2O4/c1-6-24-19(23)17-13(4)16(14(5)20-17)11-21(18(22)12(2)3)10-15-8-7-9-25-15/h12,15,20H,6-11H2,1-5H3/t15-/m0/s1. The van der Waals surface area contributed by atoms with Gasteiger partial charge in [0.1, 0.15) is 5.69 Å². The fourth-order valence-electron chi connectivity index (χ4n) is 3.26. The average Bonchev–Trinajstić information content (AvgIpc) is 3.16. The third-order valence-electron chi connectivity index (χ3n) is 4.67. The van der Waals surface area contributed by atoms with E-state index in [0.29, 0.717) is 25.4 Å². The van der Waals surface area contributed by atoms with Crippen molar-refractivity contribution in [2.75, 3.05) is 19.8 Å². The van der Waals surface area contributed by atoms with Crippen molar-refractivity contribution < 1.29 is 19.1 Å². The number of rotatable bonds is 7. The van der Waals surface area contributed by atoms with Gasteiger partial charge < -0.3 is 19.4 Å². The summed E-state index contributed by atoms with van der Waals surface area (Å²) in [5, 5.41) is 0. The average molecular weight is 350 g/mol. The molecule has 140 valence electrons. The normalized spacial score (nSPS) is 17.1. The predicted molar refractivity (Wildman–Crippen MR) is 95.5 cm³/mol. The Morgan fingerprint density at radius 3 is 2.64 bits per heavy atom.